The SMILES string of the molecule is CCN1CCN(c2cc(Nc3cc(C(F)(F)F)ccc3Cl)ncn2)CC1. The smallest absolute Gasteiger partial charge is 0.354 e. The second-order valence-electron chi connectivity index (χ2n) is 6.00. The first kappa shape index (κ1) is 18.7. The fourth-order valence-electron chi connectivity index (χ4n) is 2.82. The van der Waals surface area contributed by atoms with Gasteiger partial charge < -0.3 is 15.1 Å². The van der Waals surface area contributed by atoms with Crippen molar-refractivity contribution in [1.82, 2.24) is 14.9 Å². The molecule has 1 fully saturated rings. The van der Waals surface area contributed by atoms with E-state index in [0.717, 1.165) is 50.7 Å². The summed E-state index contributed by atoms with van der Waals surface area (Å²) in [5, 5.41) is 3.05. The predicted molar refractivity (Wildman–Crippen MR) is 96.1 cm³/mol. The van der Waals surface area contributed by atoms with Crippen molar-refractivity contribution in [3.8, 4) is 0 Å². The zero-order chi connectivity index (χ0) is 18.7. The lowest BCUT2D eigenvalue weighted by molar-refractivity contribution is -0.137. The van der Waals surface area contributed by atoms with Gasteiger partial charge >= 0.3 is 6.18 Å². The van der Waals surface area contributed by atoms with Gasteiger partial charge in [0.15, 0.2) is 0 Å². The van der Waals surface area contributed by atoms with E-state index in [2.05, 4.69) is 32.0 Å². The van der Waals surface area contributed by atoms with Crippen LogP contribution in [0.15, 0.2) is 30.6 Å². The minimum absolute atomic E-state index is 0.155. The highest BCUT2D eigenvalue weighted by Gasteiger charge is 2.31. The van der Waals surface area contributed by atoms with Crippen LogP contribution >= 0.6 is 11.6 Å². The summed E-state index contributed by atoms with van der Waals surface area (Å²) >= 11 is 6.03. The van der Waals surface area contributed by atoms with Gasteiger partial charge in [-0.2, -0.15) is 13.2 Å². The lowest BCUT2D eigenvalue weighted by Crippen LogP contribution is -2.46. The second-order valence-corrected chi connectivity index (χ2v) is 6.41. The van der Waals surface area contributed by atoms with Crippen molar-refractivity contribution in [2.24, 2.45) is 0 Å². The summed E-state index contributed by atoms with van der Waals surface area (Å²) in [6.45, 7) is 6.72. The van der Waals surface area contributed by atoms with E-state index in [1.807, 2.05) is 0 Å². The van der Waals surface area contributed by atoms with E-state index in [1.165, 1.54) is 12.4 Å². The molecule has 2 aromatic rings. The Bertz CT molecular complexity index is 760. The Kier molecular flexibility index (Phi) is 5.52. The third-order valence-corrected chi connectivity index (χ3v) is 4.68. The zero-order valence-corrected chi connectivity index (χ0v) is 15.0. The molecule has 0 unspecified atom stereocenters. The van der Waals surface area contributed by atoms with Crippen LogP contribution in [0.1, 0.15) is 12.5 Å². The molecule has 26 heavy (non-hydrogen) atoms. The van der Waals surface area contributed by atoms with E-state index >= 15 is 0 Å². The monoisotopic (exact) mass is 385 g/mol. The molecular weight excluding hydrogens is 367 g/mol. The van der Waals surface area contributed by atoms with Crippen LogP contribution in [0.4, 0.5) is 30.5 Å². The van der Waals surface area contributed by atoms with Crippen LogP contribution in [-0.2, 0) is 6.18 Å². The number of hydrogen-bond donors (Lipinski definition) is 1. The van der Waals surface area contributed by atoms with E-state index in [-0.39, 0.29) is 10.7 Å². The Morgan fingerprint density at radius 3 is 2.50 bits per heavy atom. The number of piperazine rings is 1. The molecule has 0 bridgehead atoms. The van der Waals surface area contributed by atoms with Gasteiger partial charge in [0.05, 0.1) is 16.3 Å². The van der Waals surface area contributed by atoms with Gasteiger partial charge in [-0.15, -0.1) is 0 Å². The number of halogens is 4. The molecule has 1 N–H and O–H groups in total. The number of alkyl halides is 3. The molecule has 140 valence electrons. The summed E-state index contributed by atoms with van der Waals surface area (Å²) in [4.78, 5) is 12.9. The predicted octanol–water partition coefficient (Wildman–Crippen LogP) is 4.03. The van der Waals surface area contributed by atoms with Gasteiger partial charge in [-0.1, -0.05) is 18.5 Å². The van der Waals surface area contributed by atoms with Gasteiger partial charge in [-0.05, 0) is 24.7 Å². The van der Waals surface area contributed by atoms with Gasteiger partial charge in [-0.25, -0.2) is 9.97 Å². The molecule has 5 nitrogen and oxygen atoms in total. The summed E-state index contributed by atoms with van der Waals surface area (Å²) in [6.07, 6.45) is -3.04. The highest BCUT2D eigenvalue weighted by Crippen LogP contribution is 2.34. The number of nitrogens with one attached hydrogen (secondary N) is 1. The van der Waals surface area contributed by atoms with Gasteiger partial charge in [0.2, 0.25) is 0 Å². The summed E-state index contributed by atoms with van der Waals surface area (Å²) in [6, 6.07) is 4.87. The fourth-order valence-corrected chi connectivity index (χ4v) is 2.98. The van der Waals surface area contributed by atoms with E-state index in [4.69, 9.17) is 11.6 Å². The number of hydrogen-bond acceptors (Lipinski definition) is 5. The summed E-state index contributed by atoms with van der Waals surface area (Å²) < 4.78 is 38.7. The van der Waals surface area contributed by atoms with E-state index in [1.54, 1.807) is 6.07 Å². The van der Waals surface area contributed by atoms with E-state index in [0.29, 0.717) is 5.82 Å². The van der Waals surface area contributed by atoms with Gasteiger partial charge in [-0.3, -0.25) is 0 Å². The first-order chi connectivity index (χ1) is 12.4. The largest absolute Gasteiger partial charge is 0.416 e. The number of rotatable bonds is 4. The topological polar surface area (TPSA) is 44.3 Å². The van der Waals surface area contributed by atoms with Crippen molar-refractivity contribution >= 4 is 28.9 Å². The molecule has 0 aliphatic carbocycles. The van der Waals surface area contributed by atoms with Crippen molar-refractivity contribution in [3.05, 3.63) is 41.2 Å². The van der Waals surface area contributed by atoms with E-state index in [9.17, 15) is 13.2 Å². The molecule has 0 saturated carbocycles. The van der Waals surface area contributed by atoms with Gasteiger partial charge in [0.25, 0.3) is 0 Å². The maximum absolute atomic E-state index is 12.9. The Morgan fingerprint density at radius 2 is 1.85 bits per heavy atom. The Morgan fingerprint density at radius 1 is 1.12 bits per heavy atom. The summed E-state index contributed by atoms with van der Waals surface area (Å²) in [5.41, 5.74) is -0.615. The van der Waals surface area contributed by atoms with Gasteiger partial charge in [0, 0.05) is 32.2 Å². The minimum atomic E-state index is -4.43. The molecule has 3 rings (SSSR count). The Balaban J connectivity index is 1.77. The third kappa shape index (κ3) is 4.37. The molecule has 1 aromatic carbocycles. The molecule has 1 aliphatic rings. The molecule has 0 amide bonds. The van der Waals surface area contributed by atoms with Crippen LogP contribution in [0, 0.1) is 0 Å². The maximum atomic E-state index is 12.9. The van der Waals surface area contributed by atoms with Crippen molar-refractivity contribution in [1.29, 1.82) is 0 Å². The zero-order valence-electron chi connectivity index (χ0n) is 14.2. The molecule has 1 aliphatic heterocycles. The highest BCUT2D eigenvalue weighted by molar-refractivity contribution is 6.33. The lowest BCUT2D eigenvalue weighted by atomic mass is 10.2. The number of aromatic nitrogens is 2. The summed E-state index contributed by atoms with van der Waals surface area (Å²) in [5.74, 6) is 1.13. The van der Waals surface area contributed by atoms with Crippen molar-refractivity contribution in [3.63, 3.8) is 0 Å². The van der Waals surface area contributed by atoms with Crippen LogP contribution in [0.5, 0.6) is 0 Å². The first-order valence-electron chi connectivity index (χ1n) is 8.30. The average molecular weight is 386 g/mol. The molecular formula is C17H19ClF3N5. The van der Waals surface area contributed by atoms with E-state index < -0.39 is 11.7 Å². The Labute approximate surface area is 154 Å². The lowest BCUT2D eigenvalue weighted by Gasteiger charge is -2.34. The number of nitrogens with zero attached hydrogens (tertiary/aromatic N) is 4. The minimum Gasteiger partial charge on any atom is -0.354 e. The molecule has 0 spiro atoms. The molecule has 1 saturated heterocycles. The molecule has 9 heteroatoms. The van der Waals surface area contributed by atoms with Crippen LogP contribution in [0.2, 0.25) is 5.02 Å². The average Bonchev–Trinajstić information content (AvgIpc) is 2.63. The van der Waals surface area contributed by atoms with Gasteiger partial charge in [0.1, 0.15) is 18.0 Å². The highest BCUT2D eigenvalue weighted by atomic mass is 35.5. The fraction of sp³-hybridized carbons (Fsp3) is 0.412. The van der Waals surface area contributed by atoms with Crippen molar-refractivity contribution < 1.29 is 13.2 Å². The standard InChI is InChI=1S/C17H19ClF3N5/c1-2-25-5-7-26(8-6-25)16-10-15(22-11-23-16)24-14-9-12(17(19,20)21)3-4-13(14)18/h3-4,9-11H,2,5-8H2,1H3,(H,22,23,24). The van der Waals surface area contributed by atoms with Crippen molar-refractivity contribution in [2.45, 2.75) is 13.1 Å². The normalized spacial score (nSPS) is 16.0. The van der Waals surface area contributed by atoms with Crippen LogP contribution in [-0.4, -0.2) is 47.6 Å². The van der Waals surface area contributed by atoms with Crippen LogP contribution in [0.3, 0.4) is 0 Å². The Hall–Kier alpha value is -2.06. The van der Waals surface area contributed by atoms with Crippen molar-refractivity contribution in [2.75, 3.05) is 42.9 Å². The molecule has 0 radical (unpaired) electrons. The van der Waals surface area contributed by atoms with Crippen LogP contribution in [0.25, 0.3) is 0 Å². The maximum Gasteiger partial charge on any atom is 0.416 e. The van der Waals surface area contributed by atoms with Crippen LogP contribution < -0.4 is 10.2 Å². The number of anilines is 3. The quantitative estimate of drug-likeness (QED) is 0.860. The number of benzene rings is 1. The first-order valence-corrected chi connectivity index (χ1v) is 8.67. The molecule has 2 heterocycles. The number of likely N-dealkylation sites (N-methyl/N-ethyl adjacent to an activating group) is 1. The third-order valence-electron chi connectivity index (χ3n) is 4.35. The second kappa shape index (κ2) is 7.67. The summed E-state index contributed by atoms with van der Waals surface area (Å²) in [7, 11) is 0. The molecule has 1 aromatic heterocycles. The molecule has 0 atom stereocenters.